The number of rotatable bonds is 4. The number of methoxy groups -OCH3 is 1. The highest BCUT2D eigenvalue weighted by atomic mass is 16.5. The second kappa shape index (κ2) is 6.90. The lowest BCUT2D eigenvalue weighted by atomic mass is 9.59. The van der Waals surface area contributed by atoms with E-state index in [0.717, 1.165) is 51.4 Å². The van der Waals surface area contributed by atoms with Crippen LogP contribution in [0.3, 0.4) is 0 Å². The van der Waals surface area contributed by atoms with Crippen LogP contribution in [0.5, 0.6) is 0 Å². The van der Waals surface area contributed by atoms with Crippen LogP contribution in [-0.4, -0.2) is 36.5 Å². The lowest BCUT2D eigenvalue weighted by Gasteiger charge is -2.45. The number of aliphatic hydroxyl groups excluding tert-OH is 2. The van der Waals surface area contributed by atoms with Gasteiger partial charge in [-0.15, -0.1) is 0 Å². The second-order valence-electron chi connectivity index (χ2n) is 6.67. The lowest BCUT2D eigenvalue weighted by molar-refractivity contribution is -0.162. The maximum atomic E-state index is 12.4. The Bertz CT molecular complexity index is 312. The predicted molar refractivity (Wildman–Crippen MR) is 76.0 cm³/mol. The molecule has 4 heteroatoms. The van der Waals surface area contributed by atoms with E-state index in [9.17, 15) is 15.0 Å². The number of carbonyl (C=O) groups excluding carboxylic acids is 1. The molecule has 0 radical (unpaired) electrons. The summed E-state index contributed by atoms with van der Waals surface area (Å²) in [6.45, 7) is 0.499. The number of esters is 1. The minimum atomic E-state index is -0.332. The molecule has 4 nitrogen and oxygen atoms in total. The smallest absolute Gasteiger partial charge is 0.312 e. The van der Waals surface area contributed by atoms with E-state index in [4.69, 9.17) is 4.74 Å². The molecule has 0 aliphatic heterocycles. The van der Waals surface area contributed by atoms with Gasteiger partial charge in [0.2, 0.25) is 0 Å². The van der Waals surface area contributed by atoms with Gasteiger partial charge in [-0.05, 0) is 69.1 Å². The van der Waals surface area contributed by atoms with Crippen molar-refractivity contribution in [2.24, 2.45) is 23.2 Å². The molecule has 2 aliphatic rings. The van der Waals surface area contributed by atoms with Crippen LogP contribution in [0.4, 0.5) is 0 Å². The van der Waals surface area contributed by atoms with Crippen molar-refractivity contribution in [1.82, 2.24) is 0 Å². The van der Waals surface area contributed by atoms with Crippen LogP contribution < -0.4 is 0 Å². The molecule has 2 fully saturated rings. The Labute approximate surface area is 121 Å². The zero-order valence-corrected chi connectivity index (χ0v) is 12.5. The first kappa shape index (κ1) is 15.8. The summed E-state index contributed by atoms with van der Waals surface area (Å²) >= 11 is 0. The van der Waals surface area contributed by atoms with Crippen LogP contribution in [0.25, 0.3) is 0 Å². The van der Waals surface area contributed by atoms with Gasteiger partial charge in [-0.25, -0.2) is 0 Å². The fourth-order valence-electron chi connectivity index (χ4n) is 4.26. The molecule has 0 spiro atoms. The molecule has 0 bridgehead atoms. The largest absolute Gasteiger partial charge is 0.469 e. The first-order valence-corrected chi connectivity index (χ1v) is 7.96. The monoisotopic (exact) mass is 284 g/mol. The zero-order chi connectivity index (χ0) is 14.6. The summed E-state index contributed by atoms with van der Waals surface area (Å²) < 4.78 is 5.12. The van der Waals surface area contributed by atoms with Gasteiger partial charge in [0, 0.05) is 13.2 Å². The molecule has 0 aromatic rings. The third kappa shape index (κ3) is 3.01. The highest BCUT2D eigenvalue weighted by molar-refractivity contribution is 5.77. The Hall–Kier alpha value is -0.610. The first-order chi connectivity index (χ1) is 9.66. The third-order valence-corrected chi connectivity index (χ3v) is 5.73. The summed E-state index contributed by atoms with van der Waals surface area (Å²) in [6.07, 6.45) is 7.61. The van der Waals surface area contributed by atoms with Crippen molar-refractivity contribution in [3.8, 4) is 0 Å². The van der Waals surface area contributed by atoms with Crippen molar-refractivity contribution in [2.45, 2.75) is 51.4 Å². The topological polar surface area (TPSA) is 66.8 Å². The lowest BCUT2D eigenvalue weighted by Crippen LogP contribution is -2.44. The Kier molecular flexibility index (Phi) is 5.44. The van der Waals surface area contributed by atoms with E-state index < -0.39 is 0 Å². The van der Waals surface area contributed by atoms with Crippen LogP contribution in [-0.2, 0) is 9.53 Å². The molecule has 20 heavy (non-hydrogen) atoms. The van der Waals surface area contributed by atoms with Gasteiger partial charge in [-0.2, -0.15) is 0 Å². The van der Waals surface area contributed by atoms with Gasteiger partial charge in [0.15, 0.2) is 0 Å². The van der Waals surface area contributed by atoms with E-state index in [1.54, 1.807) is 0 Å². The zero-order valence-electron chi connectivity index (χ0n) is 12.5. The summed E-state index contributed by atoms with van der Waals surface area (Å²) in [7, 11) is 1.49. The van der Waals surface area contributed by atoms with E-state index in [1.807, 2.05) is 0 Å². The van der Waals surface area contributed by atoms with Crippen molar-refractivity contribution < 1.29 is 19.7 Å². The van der Waals surface area contributed by atoms with E-state index in [2.05, 4.69) is 0 Å². The van der Waals surface area contributed by atoms with Crippen molar-refractivity contribution >= 4 is 5.97 Å². The predicted octanol–water partition coefficient (Wildman–Crippen LogP) is 2.13. The quantitative estimate of drug-likeness (QED) is 0.776. The Morgan fingerprint density at radius 3 is 1.95 bits per heavy atom. The number of hydrogen-bond acceptors (Lipinski definition) is 4. The minimum absolute atomic E-state index is 0.0543. The number of aliphatic hydroxyl groups is 2. The van der Waals surface area contributed by atoms with Crippen molar-refractivity contribution in [2.75, 3.05) is 20.3 Å². The van der Waals surface area contributed by atoms with Crippen LogP contribution in [0.1, 0.15) is 51.4 Å². The average Bonchev–Trinajstić information content (AvgIpc) is 2.54. The number of hydrogen-bond donors (Lipinski definition) is 2. The van der Waals surface area contributed by atoms with E-state index in [-0.39, 0.29) is 24.6 Å². The number of ether oxygens (including phenoxy) is 1. The average molecular weight is 284 g/mol. The summed E-state index contributed by atoms with van der Waals surface area (Å²) in [5.74, 6) is 1.09. The SMILES string of the molecule is COC(=O)C1(C2CCC(CO)CC2)CCC(CO)CC1. The molecule has 0 aromatic carbocycles. The molecular weight excluding hydrogens is 256 g/mol. The summed E-state index contributed by atoms with van der Waals surface area (Å²) in [4.78, 5) is 12.4. The highest BCUT2D eigenvalue weighted by Crippen LogP contribution is 2.50. The minimum Gasteiger partial charge on any atom is -0.469 e. The van der Waals surface area contributed by atoms with Crippen LogP contribution in [0.2, 0.25) is 0 Å². The molecule has 2 N–H and O–H groups in total. The number of carbonyl (C=O) groups is 1. The Balaban J connectivity index is 2.07. The molecule has 2 saturated carbocycles. The molecule has 116 valence electrons. The van der Waals surface area contributed by atoms with Gasteiger partial charge >= 0.3 is 5.97 Å². The van der Waals surface area contributed by atoms with Gasteiger partial charge in [0.25, 0.3) is 0 Å². The van der Waals surface area contributed by atoms with Crippen molar-refractivity contribution in [1.29, 1.82) is 0 Å². The highest BCUT2D eigenvalue weighted by Gasteiger charge is 2.49. The third-order valence-electron chi connectivity index (χ3n) is 5.73. The molecule has 0 heterocycles. The molecule has 2 rings (SSSR count). The molecule has 0 saturated heterocycles. The van der Waals surface area contributed by atoms with Crippen molar-refractivity contribution in [3.05, 3.63) is 0 Å². The van der Waals surface area contributed by atoms with Gasteiger partial charge < -0.3 is 14.9 Å². The molecule has 0 amide bonds. The molecule has 2 aliphatic carbocycles. The Morgan fingerprint density at radius 2 is 1.50 bits per heavy atom. The van der Waals surface area contributed by atoms with Crippen LogP contribution >= 0.6 is 0 Å². The van der Waals surface area contributed by atoms with Crippen LogP contribution in [0.15, 0.2) is 0 Å². The molecule has 0 aromatic heterocycles. The van der Waals surface area contributed by atoms with Crippen molar-refractivity contribution in [3.63, 3.8) is 0 Å². The maximum absolute atomic E-state index is 12.4. The second-order valence-corrected chi connectivity index (χ2v) is 6.67. The Morgan fingerprint density at radius 1 is 1.00 bits per heavy atom. The standard InChI is InChI=1S/C16H28O4/c1-20-15(19)16(8-6-13(11-18)7-9-16)14-4-2-12(10-17)3-5-14/h12-14,17-18H,2-11H2,1H3. The fraction of sp³-hybridized carbons (Fsp3) is 0.938. The molecular formula is C16H28O4. The van der Waals surface area contributed by atoms with E-state index >= 15 is 0 Å². The molecule has 0 atom stereocenters. The summed E-state index contributed by atoms with van der Waals surface area (Å²) in [5.41, 5.74) is -0.332. The van der Waals surface area contributed by atoms with Gasteiger partial charge in [0.1, 0.15) is 0 Å². The van der Waals surface area contributed by atoms with E-state index in [1.165, 1.54) is 7.11 Å². The summed E-state index contributed by atoms with van der Waals surface area (Å²) in [6, 6.07) is 0. The van der Waals surface area contributed by atoms with Gasteiger partial charge in [-0.1, -0.05) is 0 Å². The van der Waals surface area contributed by atoms with Crippen LogP contribution in [0, 0.1) is 23.2 Å². The first-order valence-electron chi connectivity index (χ1n) is 7.96. The fourth-order valence-corrected chi connectivity index (χ4v) is 4.26. The molecule has 0 unspecified atom stereocenters. The normalized spacial score (nSPS) is 38.5. The van der Waals surface area contributed by atoms with Gasteiger partial charge in [-0.3, -0.25) is 4.79 Å². The van der Waals surface area contributed by atoms with Gasteiger partial charge in [0.05, 0.1) is 12.5 Å². The van der Waals surface area contributed by atoms with E-state index in [0.29, 0.717) is 17.8 Å². The summed E-state index contributed by atoms with van der Waals surface area (Å²) in [5, 5.41) is 18.5. The maximum Gasteiger partial charge on any atom is 0.312 e.